The molecule has 2 aliphatic rings. The minimum absolute atomic E-state index is 0. The second kappa shape index (κ2) is 13.8. The van der Waals surface area contributed by atoms with E-state index in [4.69, 9.17) is 9.94 Å². The van der Waals surface area contributed by atoms with Gasteiger partial charge >= 0.3 is 18.1 Å². The van der Waals surface area contributed by atoms with Crippen LogP contribution < -0.4 is 21.8 Å². The number of carbonyl (C=O) groups excluding carboxylic acids is 1. The molecule has 1 unspecified atom stereocenters. The molecule has 0 bridgehead atoms. The molecule has 1 aromatic rings. The largest absolute Gasteiger partial charge is 0.475 e. The quantitative estimate of drug-likeness (QED) is 0.155. The monoisotopic (exact) mass is 550 g/mol. The highest BCUT2D eigenvalue weighted by Gasteiger charge is 2.50. The van der Waals surface area contributed by atoms with Gasteiger partial charge in [-0.3, -0.25) is 4.84 Å². The highest BCUT2D eigenvalue weighted by molar-refractivity contribution is 9.10. The Morgan fingerprint density at radius 2 is 1.82 bits per heavy atom. The number of benzene rings is 1. The number of hydrogen-bond acceptors (Lipinski definition) is 10. The smallest absolute Gasteiger partial charge is 0.430 e. The van der Waals surface area contributed by atoms with Gasteiger partial charge in [0.25, 0.3) is 0 Å². The van der Waals surface area contributed by atoms with E-state index in [0.717, 1.165) is 12.1 Å². The van der Waals surface area contributed by atoms with Gasteiger partial charge in [-0.15, -0.1) is 0 Å². The summed E-state index contributed by atoms with van der Waals surface area (Å²) in [6, 6.07) is 2.19. The van der Waals surface area contributed by atoms with Crippen molar-refractivity contribution in [2.45, 2.75) is 38.5 Å². The van der Waals surface area contributed by atoms with Crippen LogP contribution in [0, 0.1) is 0 Å². The normalized spacial score (nSPS) is 17.0. The molecular formula is C18H28BrF3N3O8+. The van der Waals surface area contributed by atoms with E-state index in [9.17, 15) is 33.3 Å². The van der Waals surface area contributed by atoms with Gasteiger partial charge in [-0.05, 0) is 44.1 Å². The van der Waals surface area contributed by atoms with Gasteiger partial charge in [0.1, 0.15) is 5.75 Å². The summed E-state index contributed by atoms with van der Waals surface area (Å²) in [5.74, 6) is 1.37. The first-order valence-electron chi connectivity index (χ1n) is 8.92. The summed E-state index contributed by atoms with van der Waals surface area (Å²) >= 11 is 2.99. The maximum atomic E-state index is 13.2. The van der Waals surface area contributed by atoms with Gasteiger partial charge in [-0.2, -0.15) is 13.2 Å². The lowest BCUT2D eigenvalue weighted by Crippen LogP contribution is -2.42. The Balaban J connectivity index is 0.00000111. The highest BCUT2D eigenvalue weighted by Crippen LogP contribution is 2.42. The second-order valence-corrected chi connectivity index (χ2v) is 7.24. The lowest BCUT2D eigenvalue weighted by Gasteiger charge is -2.30. The molecule has 0 amide bonds. The molecule has 1 fully saturated rings. The molecule has 0 radical (unpaired) electrons. The van der Waals surface area contributed by atoms with Crippen LogP contribution in [0.2, 0.25) is 0 Å². The number of aliphatic hydroxyl groups is 3. The maximum Gasteiger partial charge on any atom is 0.430 e. The Morgan fingerprint density at radius 3 is 2.24 bits per heavy atom. The third-order valence-electron chi connectivity index (χ3n) is 4.02. The molecule has 1 saturated heterocycles. The Labute approximate surface area is 195 Å². The zero-order valence-electron chi connectivity index (χ0n) is 16.6. The fourth-order valence-electron chi connectivity index (χ4n) is 2.73. The number of alkyl halides is 3. The molecule has 0 aliphatic carbocycles. The average Bonchev–Trinajstić information content (AvgIpc) is 3.30. The van der Waals surface area contributed by atoms with E-state index in [1.54, 1.807) is 0 Å². The topological polar surface area (TPSA) is 191 Å². The first-order valence-corrected chi connectivity index (χ1v) is 9.71. The van der Waals surface area contributed by atoms with Crippen LogP contribution in [-0.2, 0) is 20.3 Å². The van der Waals surface area contributed by atoms with Gasteiger partial charge in [-0.1, -0.05) is 23.4 Å². The van der Waals surface area contributed by atoms with E-state index in [1.165, 1.54) is 32.0 Å². The fourth-order valence-corrected chi connectivity index (χ4v) is 3.21. The van der Waals surface area contributed by atoms with Crippen molar-refractivity contribution in [3.8, 4) is 5.75 Å². The first-order chi connectivity index (χ1) is 14.9. The van der Waals surface area contributed by atoms with Gasteiger partial charge in [0.2, 0.25) is 12.9 Å². The van der Waals surface area contributed by atoms with Gasteiger partial charge in [0.05, 0.1) is 11.1 Å². The predicted molar refractivity (Wildman–Crippen MR) is 111 cm³/mol. The SMILES string of the molecule is C.C1CCNC1.NOCOC(=O)C1=Cc2cc(Br)cc(C(O)(O)O)c2OC1C(F)(F)F.[NH3+]O. The van der Waals surface area contributed by atoms with Crippen LogP contribution in [-0.4, -0.2) is 58.7 Å². The summed E-state index contributed by atoms with van der Waals surface area (Å²) < 4.78 is 49.1. The van der Waals surface area contributed by atoms with Crippen molar-refractivity contribution < 1.29 is 58.7 Å². The molecule has 2 aliphatic heterocycles. The highest BCUT2D eigenvalue weighted by atomic mass is 79.9. The van der Waals surface area contributed by atoms with Crippen LogP contribution in [0.15, 0.2) is 22.2 Å². The summed E-state index contributed by atoms with van der Waals surface area (Å²) in [5, 5.41) is 38.0. The molecule has 10 N–H and O–H groups in total. The minimum Gasteiger partial charge on any atom is -0.475 e. The van der Waals surface area contributed by atoms with Crippen LogP contribution in [0.25, 0.3) is 6.08 Å². The maximum absolute atomic E-state index is 13.2. The molecule has 33 heavy (non-hydrogen) atoms. The molecule has 11 nitrogen and oxygen atoms in total. The van der Waals surface area contributed by atoms with Crippen LogP contribution in [0.1, 0.15) is 31.4 Å². The van der Waals surface area contributed by atoms with Crippen molar-refractivity contribution in [2.75, 3.05) is 19.9 Å². The number of fused-ring (bicyclic) bond motifs is 1. The van der Waals surface area contributed by atoms with E-state index in [-0.39, 0.29) is 17.5 Å². The molecule has 1 atom stereocenters. The molecule has 0 saturated carbocycles. The van der Waals surface area contributed by atoms with Crippen LogP contribution >= 0.6 is 15.9 Å². The Hall–Kier alpha value is -1.82. The van der Waals surface area contributed by atoms with Crippen molar-refractivity contribution in [2.24, 2.45) is 5.90 Å². The van der Waals surface area contributed by atoms with E-state index in [1.807, 2.05) is 0 Å². The van der Waals surface area contributed by atoms with Crippen molar-refractivity contribution in [1.82, 2.24) is 5.32 Å². The second-order valence-electron chi connectivity index (χ2n) is 6.32. The number of nitrogens with one attached hydrogen (secondary N) is 1. The Morgan fingerprint density at radius 1 is 1.24 bits per heavy atom. The Kier molecular flexibility index (Phi) is 13.0. The molecule has 15 heteroatoms. The fraction of sp³-hybridized carbons (Fsp3) is 0.500. The van der Waals surface area contributed by atoms with Gasteiger partial charge in [-0.25, -0.2) is 21.8 Å². The van der Waals surface area contributed by atoms with Crippen molar-refractivity contribution in [3.63, 3.8) is 0 Å². The summed E-state index contributed by atoms with van der Waals surface area (Å²) in [6.45, 7) is 1.71. The number of quaternary nitrogens is 1. The van der Waals surface area contributed by atoms with Crippen LogP contribution in [0.5, 0.6) is 5.75 Å². The van der Waals surface area contributed by atoms with Crippen molar-refractivity contribution in [1.29, 1.82) is 0 Å². The number of rotatable bonds is 4. The number of nitrogens with two attached hydrogens (primary N) is 1. The summed E-state index contributed by atoms with van der Waals surface area (Å²) in [6.07, 6.45) is -4.25. The summed E-state index contributed by atoms with van der Waals surface area (Å²) in [7, 11) is 0. The minimum atomic E-state index is -5.04. The van der Waals surface area contributed by atoms with Crippen LogP contribution in [0.3, 0.4) is 0 Å². The molecule has 2 heterocycles. The van der Waals surface area contributed by atoms with E-state index in [2.05, 4.69) is 42.6 Å². The summed E-state index contributed by atoms with van der Waals surface area (Å²) in [4.78, 5) is 15.8. The third-order valence-corrected chi connectivity index (χ3v) is 4.48. The van der Waals surface area contributed by atoms with E-state index in [0.29, 0.717) is 0 Å². The molecule has 190 valence electrons. The number of esters is 1. The standard InChI is InChI=1S/C13H11BrF3NO7.C4H9N.CH4.H4NO/c14-6-1-5-2-7(11(19)23-4-24-18)10(12(15,16)17)25-9(5)8(3-6)13(20,21)22;1-2-4-5-3-1;;1-2/h1-3,10,20-22H,4,18H2;5H,1-4H2;1H4;2H,1H3/q;;;+1. The molecular weight excluding hydrogens is 523 g/mol. The molecule has 0 spiro atoms. The van der Waals surface area contributed by atoms with Gasteiger partial charge < -0.3 is 30.1 Å². The first kappa shape index (κ1) is 31.2. The number of carbonyl (C=O) groups is 1. The molecule has 3 rings (SSSR count). The molecule has 1 aromatic carbocycles. The molecule has 0 aromatic heterocycles. The lowest BCUT2D eigenvalue weighted by molar-refractivity contribution is -0.670. The number of hydrogen-bond donors (Lipinski definition) is 7. The number of ether oxygens (including phenoxy) is 2. The van der Waals surface area contributed by atoms with E-state index < -0.39 is 47.9 Å². The van der Waals surface area contributed by atoms with Gasteiger partial charge in [0.15, 0.2) is 0 Å². The third kappa shape index (κ3) is 9.15. The Bertz CT molecular complexity index is 792. The average molecular weight is 551 g/mol. The van der Waals surface area contributed by atoms with Crippen molar-refractivity contribution >= 4 is 28.0 Å². The summed E-state index contributed by atoms with van der Waals surface area (Å²) in [5.41, 5.74) is -1.80. The van der Waals surface area contributed by atoms with Crippen LogP contribution in [0.4, 0.5) is 13.2 Å². The van der Waals surface area contributed by atoms with E-state index >= 15 is 0 Å². The lowest BCUT2D eigenvalue weighted by atomic mass is 9.98. The van der Waals surface area contributed by atoms with Gasteiger partial charge in [0, 0.05) is 10.0 Å². The predicted octanol–water partition coefficient (Wildman–Crippen LogP) is 0.257. The zero-order chi connectivity index (χ0) is 24.5. The van der Waals surface area contributed by atoms with Crippen molar-refractivity contribution in [3.05, 3.63) is 33.3 Å². The number of halogens is 4. The zero-order valence-corrected chi connectivity index (χ0v) is 18.1.